The van der Waals surface area contributed by atoms with Crippen molar-refractivity contribution in [3.63, 3.8) is 0 Å². The van der Waals surface area contributed by atoms with Gasteiger partial charge in [0, 0.05) is 12.6 Å². The van der Waals surface area contributed by atoms with E-state index in [1.54, 1.807) is 0 Å². The van der Waals surface area contributed by atoms with Crippen molar-refractivity contribution in [3.05, 3.63) is 0 Å². The minimum Gasteiger partial charge on any atom is -0.299 e. The van der Waals surface area contributed by atoms with Crippen LogP contribution in [0, 0.1) is 0 Å². The Bertz CT molecular complexity index is 174. The molecule has 0 aromatic heterocycles. The lowest BCUT2D eigenvalue weighted by Crippen LogP contribution is -2.64. The summed E-state index contributed by atoms with van der Waals surface area (Å²) in [7, 11) is 0. The van der Waals surface area contributed by atoms with E-state index in [0.717, 1.165) is 0 Å². The predicted octanol–water partition coefficient (Wildman–Crippen LogP) is 2.35. The molecule has 2 heteroatoms. The topological polar surface area (TPSA) is 15.3 Å². The molecule has 2 saturated heterocycles. The molecule has 2 heterocycles. The van der Waals surface area contributed by atoms with Crippen molar-refractivity contribution in [1.82, 2.24) is 10.2 Å². The number of nitrogens with zero attached hydrogens (tertiary/aromatic N) is 1. The Morgan fingerprint density at radius 3 is 2.43 bits per heavy atom. The van der Waals surface area contributed by atoms with Crippen LogP contribution in [0.4, 0.5) is 0 Å². The maximum absolute atomic E-state index is 3.79. The molecule has 0 aliphatic carbocycles. The molecule has 0 amide bonds. The highest BCUT2D eigenvalue weighted by molar-refractivity contribution is 4.94. The van der Waals surface area contributed by atoms with E-state index < -0.39 is 0 Å². The van der Waals surface area contributed by atoms with E-state index in [9.17, 15) is 0 Å². The molecule has 0 radical (unpaired) electrons. The second-order valence-electron chi connectivity index (χ2n) is 5.16. The van der Waals surface area contributed by atoms with Crippen LogP contribution >= 0.6 is 0 Å². The highest BCUT2D eigenvalue weighted by Crippen LogP contribution is 2.34. The average Bonchev–Trinajstić information content (AvgIpc) is 2.19. The molecule has 0 bridgehead atoms. The molecule has 2 nitrogen and oxygen atoms in total. The zero-order valence-corrected chi connectivity index (χ0v) is 9.68. The zero-order chi connectivity index (χ0) is 10.0. The van der Waals surface area contributed by atoms with Crippen molar-refractivity contribution >= 4 is 0 Å². The molecule has 1 atom stereocenters. The first-order valence-electron chi connectivity index (χ1n) is 6.26. The SMILES string of the molecule is CC(C)N1CCCCC12CCCCN2. The van der Waals surface area contributed by atoms with Gasteiger partial charge in [-0.1, -0.05) is 0 Å². The van der Waals surface area contributed by atoms with Crippen LogP contribution in [0.5, 0.6) is 0 Å². The van der Waals surface area contributed by atoms with Crippen LogP contribution in [-0.2, 0) is 0 Å². The molecule has 2 aliphatic rings. The molecule has 14 heavy (non-hydrogen) atoms. The third-order valence-corrected chi connectivity index (χ3v) is 3.88. The monoisotopic (exact) mass is 196 g/mol. The molecule has 0 aromatic carbocycles. The van der Waals surface area contributed by atoms with Gasteiger partial charge in [-0.15, -0.1) is 0 Å². The molecule has 1 N–H and O–H groups in total. The Morgan fingerprint density at radius 1 is 1.07 bits per heavy atom. The third kappa shape index (κ3) is 1.82. The molecule has 0 saturated carbocycles. The Balaban J connectivity index is 2.10. The fraction of sp³-hybridized carbons (Fsp3) is 1.00. The molecule has 1 unspecified atom stereocenters. The number of hydrogen-bond donors (Lipinski definition) is 1. The maximum Gasteiger partial charge on any atom is 0.0714 e. The quantitative estimate of drug-likeness (QED) is 0.692. The predicted molar refractivity (Wildman–Crippen MR) is 60.3 cm³/mol. The summed E-state index contributed by atoms with van der Waals surface area (Å²) in [5.74, 6) is 0. The van der Waals surface area contributed by atoms with Crippen LogP contribution in [-0.4, -0.2) is 29.7 Å². The van der Waals surface area contributed by atoms with E-state index in [4.69, 9.17) is 0 Å². The van der Waals surface area contributed by atoms with Crippen molar-refractivity contribution < 1.29 is 0 Å². The summed E-state index contributed by atoms with van der Waals surface area (Å²) in [6.45, 7) is 7.20. The lowest BCUT2D eigenvalue weighted by molar-refractivity contribution is -0.0260. The molecule has 1 spiro atoms. The Kier molecular flexibility index (Phi) is 3.13. The van der Waals surface area contributed by atoms with Crippen molar-refractivity contribution in [1.29, 1.82) is 0 Å². The summed E-state index contributed by atoms with van der Waals surface area (Å²) >= 11 is 0. The number of nitrogens with one attached hydrogen (secondary N) is 1. The number of hydrogen-bond acceptors (Lipinski definition) is 2. The van der Waals surface area contributed by atoms with Crippen LogP contribution in [0.15, 0.2) is 0 Å². The minimum absolute atomic E-state index is 0.380. The van der Waals surface area contributed by atoms with Gasteiger partial charge in [0.1, 0.15) is 0 Å². The van der Waals surface area contributed by atoms with Crippen LogP contribution in [0.3, 0.4) is 0 Å². The summed E-state index contributed by atoms with van der Waals surface area (Å²) in [5, 5.41) is 3.79. The average molecular weight is 196 g/mol. The van der Waals surface area contributed by atoms with Gasteiger partial charge in [0.15, 0.2) is 0 Å². The number of likely N-dealkylation sites (tertiary alicyclic amines) is 1. The molecule has 0 aromatic rings. The van der Waals surface area contributed by atoms with Gasteiger partial charge in [-0.2, -0.15) is 0 Å². The van der Waals surface area contributed by atoms with Crippen molar-refractivity contribution in [2.24, 2.45) is 0 Å². The summed E-state index contributed by atoms with van der Waals surface area (Å²) in [5.41, 5.74) is 0.380. The van der Waals surface area contributed by atoms with Gasteiger partial charge in [0.05, 0.1) is 5.66 Å². The molecule has 82 valence electrons. The van der Waals surface area contributed by atoms with Crippen molar-refractivity contribution in [2.75, 3.05) is 13.1 Å². The Labute approximate surface area is 88.1 Å². The first-order valence-corrected chi connectivity index (χ1v) is 6.26. The van der Waals surface area contributed by atoms with Crippen molar-refractivity contribution in [2.45, 2.75) is 64.1 Å². The summed E-state index contributed by atoms with van der Waals surface area (Å²) in [4.78, 5) is 2.70. The van der Waals surface area contributed by atoms with Gasteiger partial charge in [-0.05, 0) is 58.9 Å². The first kappa shape index (κ1) is 10.4. The van der Waals surface area contributed by atoms with Gasteiger partial charge in [-0.25, -0.2) is 0 Å². The summed E-state index contributed by atoms with van der Waals surface area (Å²) in [6.07, 6.45) is 8.32. The van der Waals surface area contributed by atoms with Gasteiger partial charge >= 0.3 is 0 Å². The van der Waals surface area contributed by atoms with Crippen LogP contribution in [0.1, 0.15) is 52.4 Å². The minimum atomic E-state index is 0.380. The molecular formula is C12H24N2. The number of rotatable bonds is 1. The van der Waals surface area contributed by atoms with E-state index in [0.29, 0.717) is 11.7 Å². The van der Waals surface area contributed by atoms with E-state index in [1.165, 1.54) is 51.6 Å². The van der Waals surface area contributed by atoms with Crippen molar-refractivity contribution in [3.8, 4) is 0 Å². The largest absolute Gasteiger partial charge is 0.299 e. The Morgan fingerprint density at radius 2 is 1.79 bits per heavy atom. The van der Waals surface area contributed by atoms with E-state index in [1.807, 2.05) is 0 Å². The summed E-state index contributed by atoms with van der Waals surface area (Å²) < 4.78 is 0. The maximum atomic E-state index is 3.79. The van der Waals surface area contributed by atoms with Crippen LogP contribution in [0.2, 0.25) is 0 Å². The highest BCUT2D eigenvalue weighted by Gasteiger charge is 2.40. The fourth-order valence-electron chi connectivity index (χ4n) is 3.22. The fourth-order valence-corrected chi connectivity index (χ4v) is 3.22. The number of piperidine rings is 2. The second kappa shape index (κ2) is 4.19. The lowest BCUT2D eigenvalue weighted by Gasteiger charge is -2.52. The van der Waals surface area contributed by atoms with E-state index >= 15 is 0 Å². The van der Waals surface area contributed by atoms with Gasteiger partial charge in [0.2, 0.25) is 0 Å². The van der Waals surface area contributed by atoms with E-state index in [-0.39, 0.29) is 0 Å². The van der Waals surface area contributed by atoms with Gasteiger partial charge < -0.3 is 0 Å². The lowest BCUT2D eigenvalue weighted by atomic mass is 9.86. The van der Waals surface area contributed by atoms with Gasteiger partial charge in [0.25, 0.3) is 0 Å². The molecule has 2 rings (SSSR count). The molecule has 2 fully saturated rings. The highest BCUT2D eigenvalue weighted by atomic mass is 15.3. The van der Waals surface area contributed by atoms with Crippen LogP contribution < -0.4 is 5.32 Å². The summed E-state index contributed by atoms with van der Waals surface area (Å²) in [6, 6.07) is 0.695. The Hall–Kier alpha value is -0.0800. The first-order chi connectivity index (χ1) is 6.75. The molecular weight excluding hydrogens is 172 g/mol. The van der Waals surface area contributed by atoms with Crippen LogP contribution in [0.25, 0.3) is 0 Å². The van der Waals surface area contributed by atoms with Gasteiger partial charge in [-0.3, -0.25) is 10.2 Å². The standard InChI is InChI=1S/C12H24N2/c1-11(2)14-10-6-4-8-12(14)7-3-5-9-13-12/h11,13H,3-10H2,1-2H3. The smallest absolute Gasteiger partial charge is 0.0714 e. The normalized spacial score (nSPS) is 35.4. The van der Waals surface area contributed by atoms with E-state index in [2.05, 4.69) is 24.1 Å². The zero-order valence-electron chi connectivity index (χ0n) is 9.68. The molecule has 2 aliphatic heterocycles. The second-order valence-corrected chi connectivity index (χ2v) is 5.16. The third-order valence-electron chi connectivity index (χ3n) is 3.88.